The summed E-state index contributed by atoms with van der Waals surface area (Å²) in [6.07, 6.45) is 3.71. The molecule has 0 aromatic heterocycles. The van der Waals surface area contributed by atoms with Crippen LogP contribution in [0.15, 0.2) is 36.4 Å². The van der Waals surface area contributed by atoms with E-state index in [1.54, 1.807) is 36.4 Å². The number of ether oxygens (including phenoxy) is 3. The van der Waals surface area contributed by atoms with Gasteiger partial charge < -0.3 is 24.4 Å². The lowest BCUT2D eigenvalue weighted by Gasteiger charge is -2.20. The predicted octanol–water partition coefficient (Wildman–Crippen LogP) is 4.91. The van der Waals surface area contributed by atoms with Gasteiger partial charge >= 0.3 is 0 Å². The van der Waals surface area contributed by atoms with Crippen molar-refractivity contribution in [2.45, 2.75) is 13.3 Å². The largest absolute Gasteiger partial charge is 0.493 e. The number of carbonyl (C=O) groups excluding carboxylic acids is 2. The Bertz CT molecular complexity index is 969. The maximum atomic E-state index is 12.8. The number of amides is 2. The lowest BCUT2D eigenvalue weighted by molar-refractivity contribution is -0.130. The average molecular weight is 481 g/mol. The van der Waals surface area contributed by atoms with Crippen LogP contribution in [0.5, 0.6) is 17.2 Å². The molecule has 0 aliphatic carbocycles. The third-order valence-electron chi connectivity index (χ3n) is 4.45. The molecule has 0 aliphatic heterocycles. The highest BCUT2D eigenvalue weighted by Gasteiger charge is 2.16. The SMILES string of the molecule is CCCN(CC(=O)Nc1cc(Cl)ccc1Cl)C(=O)/C=C/c1cc(OC)c(OC)c(OC)c1. The molecule has 0 atom stereocenters. The summed E-state index contributed by atoms with van der Waals surface area (Å²) in [4.78, 5) is 26.7. The van der Waals surface area contributed by atoms with Crippen LogP contribution in [0, 0.1) is 0 Å². The van der Waals surface area contributed by atoms with E-state index in [1.165, 1.54) is 32.3 Å². The quantitative estimate of drug-likeness (QED) is 0.488. The Morgan fingerprint density at radius 2 is 1.69 bits per heavy atom. The third kappa shape index (κ3) is 6.80. The second-order valence-electron chi connectivity index (χ2n) is 6.72. The molecule has 172 valence electrons. The molecular formula is C23H26Cl2N2O5. The minimum atomic E-state index is -0.378. The number of hydrogen-bond donors (Lipinski definition) is 1. The summed E-state index contributed by atoms with van der Waals surface area (Å²) in [5.41, 5.74) is 1.07. The molecule has 2 aromatic carbocycles. The number of halogens is 2. The van der Waals surface area contributed by atoms with Crippen molar-refractivity contribution in [2.75, 3.05) is 39.7 Å². The van der Waals surface area contributed by atoms with E-state index in [9.17, 15) is 9.59 Å². The molecule has 0 fully saturated rings. The van der Waals surface area contributed by atoms with Gasteiger partial charge in [-0.05, 0) is 48.4 Å². The zero-order valence-electron chi connectivity index (χ0n) is 18.4. The van der Waals surface area contributed by atoms with Gasteiger partial charge in [-0.25, -0.2) is 0 Å². The molecule has 32 heavy (non-hydrogen) atoms. The standard InChI is InChI=1S/C23H26Cl2N2O5/c1-5-10-27(14-21(28)26-18-13-16(24)7-8-17(18)25)22(29)9-6-15-11-19(30-2)23(32-4)20(12-15)31-3/h6-9,11-13H,5,10,14H2,1-4H3,(H,26,28)/b9-6+. The van der Waals surface area contributed by atoms with Gasteiger partial charge in [-0.2, -0.15) is 0 Å². The first-order valence-electron chi connectivity index (χ1n) is 9.84. The molecule has 0 radical (unpaired) electrons. The van der Waals surface area contributed by atoms with Crippen molar-refractivity contribution in [3.63, 3.8) is 0 Å². The van der Waals surface area contributed by atoms with E-state index in [0.29, 0.717) is 51.5 Å². The molecule has 0 unspecified atom stereocenters. The van der Waals surface area contributed by atoms with E-state index in [2.05, 4.69) is 5.32 Å². The van der Waals surface area contributed by atoms with Crippen molar-refractivity contribution in [3.8, 4) is 17.2 Å². The molecular weight excluding hydrogens is 455 g/mol. The number of benzene rings is 2. The van der Waals surface area contributed by atoms with Gasteiger partial charge in [0, 0.05) is 17.6 Å². The molecule has 1 N–H and O–H groups in total. The summed E-state index contributed by atoms with van der Waals surface area (Å²) in [5.74, 6) is 0.719. The number of methoxy groups -OCH3 is 3. The van der Waals surface area contributed by atoms with Crippen molar-refractivity contribution in [1.82, 2.24) is 4.90 Å². The van der Waals surface area contributed by atoms with E-state index < -0.39 is 0 Å². The van der Waals surface area contributed by atoms with Crippen LogP contribution in [0.2, 0.25) is 10.0 Å². The van der Waals surface area contributed by atoms with Crippen LogP contribution < -0.4 is 19.5 Å². The summed E-state index contributed by atoms with van der Waals surface area (Å²) >= 11 is 12.1. The Hall–Kier alpha value is -2.90. The summed E-state index contributed by atoms with van der Waals surface area (Å²) in [6, 6.07) is 8.22. The van der Waals surface area contributed by atoms with Crippen LogP contribution in [0.1, 0.15) is 18.9 Å². The fraction of sp³-hybridized carbons (Fsp3) is 0.304. The van der Waals surface area contributed by atoms with Crippen molar-refractivity contribution >= 4 is 46.8 Å². The Kier molecular flexibility index (Phi) is 9.68. The van der Waals surface area contributed by atoms with E-state index in [1.807, 2.05) is 6.92 Å². The molecule has 0 heterocycles. The molecule has 2 amide bonds. The molecule has 2 rings (SSSR count). The van der Waals surface area contributed by atoms with Crippen molar-refractivity contribution in [2.24, 2.45) is 0 Å². The first-order chi connectivity index (χ1) is 15.3. The summed E-state index contributed by atoms with van der Waals surface area (Å²) in [6.45, 7) is 2.21. The number of hydrogen-bond acceptors (Lipinski definition) is 5. The second-order valence-corrected chi connectivity index (χ2v) is 7.57. The van der Waals surface area contributed by atoms with Gasteiger partial charge in [-0.1, -0.05) is 30.1 Å². The molecule has 7 nitrogen and oxygen atoms in total. The molecule has 0 saturated heterocycles. The molecule has 0 aliphatic rings. The summed E-state index contributed by atoms with van der Waals surface area (Å²) in [7, 11) is 4.55. The molecule has 9 heteroatoms. The van der Waals surface area contributed by atoms with Gasteiger partial charge in [-0.3, -0.25) is 9.59 Å². The average Bonchev–Trinajstić information content (AvgIpc) is 2.78. The number of rotatable bonds is 10. The highest BCUT2D eigenvalue weighted by Crippen LogP contribution is 2.38. The zero-order valence-corrected chi connectivity index (χ0v) is 19.9. The van der Waals surface area contributed by atoms with Crippen LogP contribution in [-0.2, 0) is 9.59 Å². The Balaban J connectivity index is 2.15. The monoisotopic (exact) mass is 480 g/mol. The van der Waals surface area contributed by atoms with Crippen LogP contribution in [0.3, 0.4) is 0 Å². The minimum Gasteiger partial charge on any atom is -0.493 e. The zero-order chi connectivity index (χ0) is 23.7. The maximum Gasteiger partial charge on any atom is 0.247 e. The predicted molar refractivity (Wildman–Crippen MR) is 127 cm³/mol. The third-order valence-corrected chi connectivity index (χ3v) is 5.01. The van der Waals surface area contributed by atoms with Crippen LogP contribution in [-0.4, -0.2) is 51.1 Å². The van der Waals surface area contributed by atoms with E-state index in [-0.39, 0.29) is 18.4 Å². The smallest absolute Gasteiger partial charge is 0.247 e. The normalized spacial score (nSPS) is 10.7. The van der Waals surface area contributed by atoms with Crippen LogP contribution in [0.25, 0.3) is 6.08 Å². The lowest BCUT2D eigenvalue weighted by atomic mass is 10.1. The molecule has 0 spiro atoms. The molecule has 0 saturated carbocycles. The van der Waals surface area contributed by atoms with Crippen molar-refractivity contribution in [1.29, 1.82) is 0 Å². The topological polar surface area (TPSA) is 77.1 Å². The van der Waals surface area contributed by atoms with Gasteiger partial charge in [-0.15, -0.1) is 0 Å². The maximum absolute atomic E-state index is 12.8. The lowest BCUT2D eigenvalue weighted by Crippen LogP contribution is -2.37. The summed E-state index contributed by atoms with van der Waals surface area (Å²) < 4.78 is 16.0. The number of nitrogens with one attached hydrogen (secondary N) is 1. The minimum absolute atomic E-state index is 0.130. The van der Waals surface area contributed by atoms with Gasteiger partial charge in [0.05, 0.1) is 32.0 Å². The van der Waals surface area contributed by atoms with Gasteiger partial charge in [0.2, 0.25) is 17.6 Å². The fourth-order valence-corrected chi connectivity index (χ4v) is 3.30. The highest BCUT2D eigenvalue weighted by molar-refractivity contribution is 6.35. The fourth-order valence-electron chi connectivity index (χ4n) is 2.96. The Morgan fingerprint density at radius 1 is 1.03 bits per heavy atom. The first kappa shape index (κ1) is 25.4. The van der Waals surface area contributed by atoms with Crippen molar-refractivity contribution in [3.05, 3.63) is 52.0 Å². The Labute approximate surface area is 197 Å². The van der Waals surface area contributed by atoms with E-state index in [4.69, 9.17) is 37.4 Å². The highest BCUT2D eigenvalue weighted by atomic mass is 35.5. The van der Waals surface area contributed by atoms with Gasteiger partial charge in [0.15, 0.2) is 11.5 Å². The van der Waals surface area contributed by atoms with Crippen molar-refractivity contribution < 1.29 is 23.8 Å². The Morgan fingerprint density at radius 3 is 2.25 bits per heavy atom. The van der Waals surface area contributed by atoms with Gasteiger partial charge in [0.1, 0.15) is 6.54 Å². The first-order valence-corrected chi connectivity index (χ1v) is 10.6. The number of anilines is 1. The summed E-state index contributed by atoms with van der Waals surface area (Å²) in [5, 5.41) is 3.49. The van der Waals surface area contributed by atoms with E-state index in [0.717, 1.165) is 0 Å². The van der Waals surface area contributed by atoms with Gasteiger partial charge in [0.25, 0.3) is 0 Å². The number of nitrogens with zero attached hydrogens (tertiary/aromatic N) is 1. The van der Waals surface area contributed by atoms with Crippen LogP contribution in [0.4, 0.5) is 5.69 Å². The molecule has 0 bridgehead atoms. The second kappa shape index (κ2) is 12.2. The molecule has 2 aromatic rings. The van der Waals surface area contributed by atoms with Crippen LogP contribution >= 0.6 is 23.2 Å². The number of carbonyl (C=O) groups is 2. The van der Waals surface area contributed by atoms with E-state index >= 15 is 0 Å².